The summed E-state index contributed by atoms with van der Waals surface area (Å²) in [6, 6.07) is 0. The van der Waals surface area contributed by atoms with E-state index in [2.05, 4.69) is 19.9 Å². The molecule has 0 aliphatic carbocycles. The number of hydrogen-bond acceptors (Lipinski definition) is 8. The van der Waals surface area contributed by atoms with Gasteiger partial charge in [0.05, 0.1) is 0 Å². The zero-order chi connectivity index (χ0) is 14.8. The van der Waals surface area contributed by atoms with Crippen LogP contribution in [0.4, 0.5) is 17.8 Å². The van der Waals surface area contributed by atoms with Gasteiger partial charge in [0.15, 0.2) is 0 Å². The molecule has 2 saturated heterocycles. The normalized spacial score (nSPS) is 25.8. The lowest BCUT2D eigenvalue weighted by Crippen LogP contribution is -2.27. The Morgan fingerprint density at radius 3 is 1.95 bits per heavy atom. The Labute approximate surface area is 124 Å². The number of methoxy groups -OCH3 is 2. The summed E-state index contributed by atoms with van der Waals surface area (Å²) in [6.45, 7) is 3.34. The van der Waals surface area contributed by atoms with Crippen LogP contribution >= 0.6 is 0 Å². The van der Waals surface area contributed by atoms with Crippen LogP contribution in [0.25, 0.3) is 0 Å². The van der Waals surface area contributed by atoms with Gasteiger partial charge >= 0.3 is 0 Å². The fraction of sp³-hybridized carbons (Fsp3) is 0.769. The first-order valence-corrected chi connectivity index (χ1v) is 7.28. The predicted octanol–water partition coefficient (Wildman–Crippen LogP) is -0.0960. The Hall–Kier alpha value is -1.67. The third-order valence-corrected chi connectivity index (χ3v) is 4.12. The summed E-state index contributed by atoms with van der Waals surface area (Å²) in [5.41, 5.74) is 5.85. The zero-order valence-electron chi connectivity index (χ0n) is 12.5. The van der Waals surface area contributed by atoms with Crippen LogP contribution in [-0.4, -0.2) is 67.6 Å². The van der Waals surface area contributed by atoms with E-state index in [4.69, 9.17) is 15.2 Å². The second-order valence-electron chi connectivity index (χ2n) is 5.44. The van der Waals surface area contributed by atoms with E-state index in [0.29, 0.717) is 25.0 Å². The van der Waals surface area contributed by atoms with E-state index in [-0.39, 0.29) is 18.2 Å². The van der Waals surface area contributed by atoms with Gasteiger partial charge in [-0.1, -0.05) is 0 Å². The largest absolute Gasteiger partial charge is 0.377 e. The van der Waals surface area contributed by atoms with Crippen LogP contribution in [0, 0.1) is 0 Å². The van der Waals surface area contributed by atoms with E-state index in [0.717, 1.165) is 13.1 Å². The second kappa shape index (κ2) is 5.98. The van der Waals surface area contributed by atoms with Crippen LogP contribution in [0.2, 0.25) is 0 Å². The zero-order valence-corrected chi connectivity index (χ0v) is 12.5. The Morgan fingerprint density at radius 1 is 0.905 bits per heavy atom. The van der Waals surface area contributed by atoms with Gasteiger partial charge in [-0.2, -0.15) is 15.0 Å². The summed E-state index contributed by atoms with van der Waals surface area (Å²) < 4.78 is 10.9. The van der Waals surface area contributed by atoms with Crippen molar-refractivity contribution in [2.75, 3.05) is 55.9 Å². The minimum Gasteiger partial charge on any atom is -0.377 e. The number of rotatable bonds is 4. The van der Waals surface area contributed by atoms with Crippen LogP contribution in [0.3, 0.4) is 0 Å². The molecule has 1 aromatic heterocycles. The molecule has 8 heteroatoms. The first-order valence-electron chi connectivity index (χ1n) is 7.28. The molecule has 3 rings (SSSR count). The van der Waals surface area contributed by atoms with Crippen LogP contribution in [-0.2, 0) is 9.47 Å². The molecule has 2 aliphatic heterocycles. The summed E-state index contributed by atoms with van der Waals surface area (Å²) in [5, 5.41) is 0. The lowest BCUT2D eigenvalue weighted by atomic mass is 10.3. The van der Waals surface area contributed by atoms with Crippen LogP contribution in [0.15, 0.2) is 0 Å². The van der Waals surface area contributed by atoms with E-state index in [1.54, 1.807) is 14.2 Å². The van der Waals surface area contributed by atoms with Crippen molar-refractivity contribution < 1.29 is 9.47 Å². The van der Waals surface area contributed by atoms with Crippen molar-refractivity contribution >= 4 is 17.8 Å². The molecule has 3 heterocycles. The number of nitrogens with zero attached hydrogens (tertiary/aromatic N) is 5. The Bertz CT molecular complexity index is 482. The molecular formula is C13H22N6O2. The van der Waals surface area contributed by atoms with Gasteiger partial charge in [0, 0.05) is 40.4 Å². The van der Waals surface area contributed by atoms with Crippen molar-refractivity contribution in [2.45, 2.75) is 25.0 Å². The van der Waals surface area contributed by atoms with Crippen molar-refractivity contribution in [2.24, 2.45) is 0 Å². The highest BCUT2D eigenvalue weighted by Gasteiger charge is 2.34. The summed E-state index contributed by atoms with van der Waals surface area (Å²) in [7, 11) is 3.38. The van der Waals surface area contributed by atoms with Crippen molar-refractivity contribution in [3.05, 3.63) is 0 Å². The van der Waals surface area contributed by atoms with Gasteiger partial charge in [-0.25, -0.2) is 0 Å². The van der Waals surface area contributed by atoms with Crippen molar-refractivity contribution in [1.29, 1.82) is 0 Å². The molecule has 0 bridgehead atoms. The second-order valence-corrected chi connectivity index (χ2v) is 5.44. The SMILES string of the molecule is COC1CN(c2nc(N)nc(N3CCCC3)n2)CC1OC. The highest BCUT2D eigenvalue weighted by molar-refractivity contribution is 5.45. The third-order valence-electron chi connectivity index (χ3n) is 4.12. The molecule has 2 unspecified atom stereocenters. The molecule has 2 atom stereocenters. The molecule has 21 heavy (non-hydrogen) atoms. The number of hydrogen-bond donors (Lipinski definition) is 1. The van der Waals surface area contributed by atoms with Crippen LogP contribution in [0.5, 0.6) is 0 Å². The molecule has 0 spiro atoms. The molecule has 0 aromatic carbocycles. The molecule has 2 fully saturated rings. The summed E-state index contributed by atoms with van der Waals surface area (Å²) >= 11 is 0. The minimum absolute atomic E-state index is 0.0169. The molecular weight excluding hydrogens is 272 g/mol. The number of nitrogens with two attached hydrogens (primary N) is 1. The molecule has 0 amide bonds. The van der Waals surface area contributed by atoms with E-state index >= 15 is 0 Å². The highest BCUT2D eigenvalue weighted by atomic mass is 16.5. The smallest absolute Gasteiger partial charge is 0.232 e. The maximum absolute atomic E-state index is 5.85. The monoisotopic (exact) mass is 294 g/mol. The average molecular weight is 294 g/mol. The molecule has 0 radical (unpaired) electrons. The number of nitrogen functional groups attached to an aromatic ring is 1. The molecule has 8 nitrogen and oxygen atoms in total. The molecule has 116 valence electrons. The van der Waals surface area contributed by atoms with Gasteiger partial charge in [0.1, 0.15) is 12.2 Å². The first kappa shape index (κ1) is 14.3. The highest BCUT2D eigenvalue weighted by Crippen LogP contribution is 2.23. The third kappa shape index (κ3) is 2.86. The van der Waals surface area contributed by atoms with Gasteiger partial charge in [-0.3, -0.25) is 0 Å². The summed E-state index contributed by atoms with van der Waals surface area (Å²) in [6.07, 6.45) is 2.37. The summed E-state index contributed by atoms with van der Waals surface area (Å²) in [5.74, 6) is 1.53. The van der Waals surface area contributed by atoms with Gasteiger partial charge in [-0.15, -0.1) is 0 Å². The fourth-order valence-electron chi connectivity index (χ4n) is 2.93. The maximum Gasteiger partial charge on any atom is 0.232 e. The molecule has 2 N–H and O–H groups in total. The van der Waals surface area contributed by atoms with Crippen LogP contribution in [0.1, 0.15) is 12.8 Å². The van der Waals surface area contributed by atoms with Gasteiger partial charge in [0.2, 0.25) is 17.8 Å². The molecule has 0 saturated carbocycles. The number of aromatic nitrogens is 3. The quantitative estimate of drug-likeness (QED) is 0.823. The van der Waals surface area contributed by atoms with Crippen molar-refractivity contribution in [3.8, 4) is 0 Å². The van der Waals surface area contributed by atoms with Gasteiger partial charge in [0.25, 0.3) is 0 Å². The Morgan fingerprint density at radius 2 is 1.43 bits per heavy atom. The van der Waals surface area contributed by atoms with E-state index < -0.39 is 0 Å². The number of anilines is 3. The predicted molar refractivity (Wildman–Crippen MR) is 79.5 cm³/mol. The lowest BCUT2D eigenvalue weighted by molar-refractivity contribution is -0.00461. The lowest BCUT2D eigenvalue weighted by Gasteiger charge is -2.20. The van der Waals surface area contributed by atoms with E-state index in [1.807, 2.05) is 4.90 Å². The van der Waals surface area contributed by atoms with Crippen LogP contribution < -0.4 is 15.5 Å². The maximum atomic E-state index is 5.85. The van der Waals surface area contributed by atoms with Gasteiger partial charge in [-0.05, 0) is 12.8 Å². The van der Waals surface area contributed by atoms with E-state index in [9.17, 15) is 0 Å². The summed E-state index contributed by atoms with van der Waals surface area (Å²) in [4.78, 5) is 17.3. The molecule has 2 aliphatic rings. The Kier molecular flexibility index (Phi) is 4.07. The topological polar surface area (TPSA) is 89.6 Å². The van der Waals surface area contributed by atoms with E-state index in [1.165, 1.54) is 12.8 Å². The van der Waals surface area contributed by atoms with Crippen molar-refractivity contribution in [1.82, 2.24) is 15.0 Å². The fourth-order valence-corrected chi connectivity index (χ4v) is 2.93. The molecule has 1 aromatic rings. The minimum atomic E-state index is 0.0169. The van der Waals surface area contributed by atoms with Gasteiger partial charge < -0.3 is 25.0 Å². The standard InChI is InChI=1S/C13H22N6O2/c1-20-9-7-19(8-10(9)21-2)13-16-11(14)15-12(17-13)18-5-3-4-6-18/h9-10H,3-8H2,1-2H3,(H2,14,15,16,17). The average Bonchev–Trinajstić information content (AvgIpc) is 3.15. The Balaban J connectivity index is 1.82. The van der Waals surface area contributed by atoms with Crippen molar-refractivity contribution in [3.63, 3.8) is 0 Å². The first-order chi connectivity index (χ1) is 10.2. The number of ether oxygens (including phenoxy) is 2.